The number of hydrogen-bond donors (Lipinski definition) is 3. The standard InChI is InChI=1S/C16H17ClN4O3/c17-11-5-3-4-10(8-11)13-9-14(21-24-13)20-16(23)19-12-6-1-2-7-18-15(12)22/h3-5,8-9,12H,1-2,6-7H2,(H,18,22)(H2,19,20,21,23)/t12-/m1/s1. The van der Waals surface area contributed by atoms with Crippen molar-refractivity contribution < 1.29 is 14.1 Å². The molecule has 126 valence electrons. The third-order valence-electron chi connectivity index (χ3n) is 3.70. The molecule has 8 heteroatoms. The Balaban J connectivity index is 1.62. The summed E-state index contributed by atoms with van der Waals surface area (Å²) in [5.41, 5.74) is 0.756. The van der Waals surface area contributed by atoms with E-state index in [0.717, 1.165) is 18.4 Å². The fourth-order valence-corrected chi connectivity index (χ4v) is 2.69. The number of benzene rings is 1. The van der Waals surface area contributed by atoms with E-state index >= 15 is 0 Å². The average Bonchev–Trinajstić information content (AvgIpc) is 2.92. The molecule has 1 aromatic carbocycles. The fourth-order valence-electron chi connectivity index (χ4n) is 2.50. The van der Waals surface area contributed by atoms with E-state index in [1.165, 1.54) is 0 Å². The van der Waals surface area contributed by atoms with Crippen molar-refractivity contribution in [3.8, 4) is 11.3 Å². The van der Waals surface area contributed by atoms with E-state index in [1.54, 1.807) is 24.3 Å². The van der Waals surface area contributed by atoms with E-state index < -0.39 is 12.1 Å². The summed E-state index contributed by atoms with van der Waals surface area (Å²) in [4.78, 5) is 23.9. The van der Waals surface area contributed by atoms with Crippen LogP contribution in [0.3, 0.4) is 0 Å². The van der Waals surface area contributed by atoms with E-state index in [2.05, 4.69) is 21.1 Å². The van der Waals surface area contributed by atoms with Crippen molar-refractivity contribution in [1.82, 2.24) is 15.8 Å². The minimum Gasteiger partial charge on any atom is -0.354 e. The third kappa shape index (κ3) is 4.05. The first-order valence-electron chi connectivity index (χ1n) is 7.70. The van der Waals surface area contributed by atoms with Gasteiger partial charge in [0.05, 0.1) is 0 Å². The summed E-state index contributed by atoms with van der Waals surface area (Å²) < 4.78 is 5.21. The predicted octanol–water partition coefficient (Wildman–Crippen LogP) is 2.79. The van der Waals surface area contributed by atoms with Gasteiger partial charge in [0.25, 0.3) is 0 Å². The van der Waals surface area contributed by atoms with Crippen LogP contribution in [0.25, 0.3) is 11.3 Å². The lowest BCUT2D eigenvalue weighted by Gasteiger charge is -2.14. The van der Waals surface area contributed by atoms with E-state index in [-0.39, 0.29) is 11.7 Å². The minimum atomic E-state index is -0.535. The summed E-state index contributed by atoms with van der Waals surface area (Å²) >= 11 is 5.94. The van der Waals surface area contributed by atoms with Crippen LogP contribution in [0.5, 0.6) is 0 Å². The van der Waals surface area contributed by atoms with Crippen LogP contribution in [0.1, 0.15) is 19.3 Å². The van der Waals surface area contributed by atoms with Crippen molar-refractivity contribution in [2.24, 2.45) is 0 Å². The monoisotopic (exact) mass is 348 g/mol. The highest BCUT2D eigenvalue weighted by atomic mass is 35.5. The highest BCUT2D eigenvalue weighted by Gasteiger charge is 2.22. The molecule has 1 fully saturated rings. The Kier molecular flexibility index (Phi) is 5.00. The lowest BCUT2D eigenvalue weighted by molar-refractivity contribution is -0.122. The molecule has 0 saturated carbocycles. The van der Waals surface area contributed by atoms with E-state index in [4.69, 9.17) is 16.1 Å². The zero-order valence-electron chi connectivity index (χ0n) is 12.8. The molecule has 24 heavy (non-hydrogen) atoms. The summed E-state index contributed by atoms with van der Waals surface area (Å²) in [5, 5.41) is 12.4. The predicted molar refractivity (Wildman–Crippen MR) is 89.8 cm³/mol. The van der Waals surface area contributed by atoms with Crippen LogP contribution >= 0.6 is 11.6 Å². The zero-order valence-corrected chi connectivity index (χ0v) is 13.6. The van der Waals surface area contributed by atoms with Gasteiger partial charge in [-0.2, -0.15) is 0 Å². The van der Waals surface area contributed by atoms with Crippen LogP contribution < -0.4 is 16.0 Å². The zero-order chi connectivity index (χ0) is 16.9. The van der Waals surface area contributed by atoms with Gasteiger partial charge in [-0.15, -0.1) is 0 Å². The molecule has 1 aromatic heterocycles. The normalized spacial score (nSPS) is 17.7. The summed E-state index contributed by atoms with van der Waals surface area (Å²) in [5.74, 6) is 0.582. The highest BCUT2D eigenvalue weighted by molar-refractivity contribution is 6.30. The Labute approximate surface area is 143 Å². The number of amides is 3. The first kappa shape index (κ1) is 16.3. The fraction of sp³-hybridized carbons (Fsp3) is 0.312. The third-order valence-corrected chi connectivity index (χ3v) is 3.94. The maximum Gasteiger partial charge on any atom is 0.321 e. The number of halogens is 1. The number of rotatable bonds is 3. The molecular formula is C16H17ClN4O3. The molecule has 3 rings (SSSR count). The number of aromatic nitrogens is 1. The molecule has 1 saturated heterocycles. The number of urea groups is 1. The molecule has 3 amide bonds. The molecule has 1 aliphatic rings. The van der Waals surface area contributed by atoms with Crippen LogP contribution in [0.15, 0.2) is 34.9 Å². The molecule has 7 nitrogen and oxygen atoms in total. The minimum absolute atomic E-state index is 0.164. The van der Waals surface area contributed by atoms with Crippen LogP contribution in [-0.2, 0) is 4.79 Å². The van der Waals surface area contributed by atoms with Crippen LogP contribution in [0.4, 0.5) is 10.6 Å². The van der Waals surface area contributed by atoms with Crippen molar-refractivity contribution in [2.75, 3.05) is 11.9 Å². The number of anilines is 1. The van der Waals surface area contributed by atoms with Crippen molar-refractivity contribution in [3.63, 3.8) is 0 Å². The first-order chi connectivity index (χ1) is 11.6. The Morgan fingerprint density at radius 2 is 2.21 bits per heavy atom. The van der Waals surface area contributed by atoms with Gasteiger partial charge in [0.2, 0.25) is 5.91 Å². The second-order valence-electron chi connectivity index (χ2n) is 5.52. The summed E-state index contributed by atoms with van der Waals surface area (Å²) in [7, 11) is 0. The lowest BCUT2D eigenvalue weighted by Crippen LogP contribution is -2.47. The number of hydrogen-bond acceptors (Lipinski definition) is 4. The van der Waals surface area contributed by atoms with Gasteiger partial charge in [0, 0.05) is 23.2 Å². The molecule has 0 bridgehead atoms. The van der Waals surface area contributed by atoms with Gasteiger partial charge < -0.3 is 15.2 Å². The summed E-state index contributed by atoms with van der Waals surface area (Å²) in [6, 6.07) is 7.68. The van der Waals surface area contributed by atoms with Crippen LogP contribution in [0, 0.1) is 0 Å². The quantitative estimate of drug-likeness (QED) is 0.794. The maximum atomic E-state index is 12.0. The Hall–Kier alpha value is -2.54. The smallest absolute Gasteiger partial charge is 0.321 e. The first-order valence-corrected chi connectivity index (χ1v) is 8.07. The van der Waals surface area contributed by atoms with Gasteiger partial charge in [0.1, 0.15) is 6.04 Å². The molecule has 2 heterocycles. The number of carbonyl (C=O) groups excluding carboxylic acids is 2. The van der Waals surface area contributed by atoms with Gasteiger partial charge >= 0.3 is 6.03 Å². The summed E-state index contributed by atoms with van der Waals surface area (Å²) in [6.45, 7) is 0.644. The van der Waals surface area contributed by atoms with Gasteiger partial charge in [-0.1, -0.05) is 28.9 Å². The van der Waals surface area contributed by atoms with Crippen LogP contribution in [-0.4, -0.2) is 29.7 Å². The maximum absolute atomic E-state index is 12.0. The molecular weight excluding hydrogens is 332 g/mol. The molecule has 0 unspecified atom stereocenters. The van der Waals surface area contributed by atoms with Crippen molar-refractivity contribution in [3.05, 3.63) is 35.4 Å². The molecule has 3 N–H and O–H groups in total. The van der Waals surface area contributed by atoms with Gasteiger partial charge in [-0.25, -0.2) is 4.79 Å². The number of carbonyl (C=O) groups is 2. The average molecular weight is 349 g/mol. The summed E-state index contributed by atoms with van der Waals surface area (Å²) in [6.07, 6.45) is 2.41. The molecule has 2 aromatic rings. The molecule has 0 spiro atoms. The van der Waals surface area contributed by atoms with Crippen molar-refractivity contribution in [2.45, 2.75) is 25.3 Å². The highest BCUT2D eigenvalue weighted by Crippen LogP contribution is 2.24. The Morgan fingerprint density at radius 3 is 3.04 bits per heavy atom. The van der Waals surface area contributed by atoms with Gasteiger partial charge in [-0.3, -0.25) is 10.1 Å². The number of nitrogens with one attached hydrogen (secondary N) is 3. The molecule has 0 radical (unpaired) electrons. The van der Waals surface area contributed by atoms with E-state index in [9.17, 15) is 9.59 Å². The van der Waals surface area contributed by atoms with E-state index in [0.29, 0.717) is 23.7 Å². The van der Waals surface area contributed by atoms with Crippen molar-refractivity contribution >= 4 is 29.4 Å². The van der Waals surface area contributed by atoms with Crippen molar-refractivity contribution in [1.29, 1.82) is 0 Å². The SMILES string of the molecule is O=C(Nc1cc(-c2cccc(Cl)c2)on1)N[C@@H]1CCCCNC1=O. The van der Waals surface area contributed by atoms with Crippen LogP contribution in [0.2, 0.25) is 5.02 Å². The second-order valence-corrected chi connectivity index (χ2v) is 5.96. The Morgan fingerprint density at radius 1 is 1.33 bits per heavy atom. The lowest BCUT2D eigenvalue weighted by atomic mass is 10.1. The molecule has 1 aliphatic heterocycles. The largest absolute Gasteiger partial charge is 0.354 e. The Bertz CT molecular complexity index is 746. The topological polar surface area (TPSA) is 96.3 Å². The van der Waals surface area contributed by atoms with Gasteiger partial charge in [-0.05, 0) is 31.4 Å². The van der Waals surface area contributed by atoms with Gasteiger partial charge in [0.15, 0.2) is 11.6 Å². The molecule has 1 atom stereocenters. The molecule has 0 aliphatic carbocycles. The second kappa shape index (κ2) is 7.35. The number of nitrogens with zero attached hydrogens (tertiary/aromatic N) is 1. The van der Waals surface area contributed by atoms with E-state index in [1.807, 2.05) is 6.07 Å².